The zero-order valence-electron chi connectivity index (χ0n) is 8.74. The molecule has 0 spiro atoms. The largest absolute Gasteiger partial charge is 0.388 e. The van der Waals surface area contributed by atoms with Crippen LogP contribution in [0.15, 0.2) is 54.8 Å². The first-order valence-corrected chi connectivity index (χ1v) is 4.73. The van der Waals surface area contributed by atoms with Crippen LogP contribution in [0.1, 0.15) is 19.8 Å². The first kappa shape index (κ1) is 12.7. The van der Waals surface area contributed by atoms with E-state index in [2.05, 4.69) is 18.9 Å². The molecule has 0 aliphatic rings. The first-order chi connectivity index (χ1) is 6.72. The van der Waals surface area contributed by atoms with Crippen LogP contribution in [0, 0.1) is 0 Å². The lowest BCUT2D eigenvalue weighted by atomic mass is 10.1. The van der Waals surface area contributed by atoms with E-state index in [1.54, 1.807) is 6.08 Å². The summed E-state index contributed by atoms with van der Waals surface area (Å²) in [7, 11) is 0. The van der Waals surface area contributed by atoms with Gasteiger partial charge in [0.15, 0.2) is 0 Å². The predicted molar refractivity (Wildman–Crippen MR) is 62.0 cm³/mol. The van der Waals surface area contributed by atoms with Gasteiger partial charge in [-0.05, 0) is 31.4 Å². The summed E-state index contributed by atoms with van der Waals surface area (Å²) >= 11 is 0. The molecule has 1 heteroatoms. The Morgan fingerprint density at radius 1 is 1.57 bits per heavy atom. The highest BCUT2D eigenvalue weighted by molar-refractivity contribution is 5.18. The first-order valence-electron chi connectivity index (χ1n) is 4.73. The summed E-state index contributed by atoms with van der Waals surface area (Å²) in [4.78, 5) is 0. The molecule has 0 rings (SSSR count). The normalized spacial score (nSPS) is 13.0. The van der Waals surface area contributed by atoms with Gasteiger partial charge in [0.25, 0.3) is 0 Å². The molecule has 1 N–H and O–H groups in total. The van der Waals surface area contributed by atoms with Gasteiger partial charge in [-0.1, -0.05) is 37.5 Å². The molecule has 0 aliphatic carbocycles. The monoisotopic (exact) mass is 190 g/mol. The molecule has 0 aliphatic heterocycles. The smallest absolute Gasteiger partial charge is 0.0787 e. The quantitative estimate of drug-likeness (QED) is 0.504. The van der Waals surface area contributed by atoms with Gasteiger partial charge in [-0.3, -0.25) is 0 Å². The molecule has 76 valence electrons. The van der Waals surface area contributed by atoms with Gasteiger partial charge in [-0.15, -0.1) is 5.73 Å². The molecular formula is C13H18O. The molecule has 0 bridgehead atoms. The van der Waals surface area contributed by atoms with E-state index in [9.17, 15) is 5.11 Å². The Morgan fingerprint density at radius 3 is 2.86 bits per heavy atom. The Bertz CT molecular complexity index is 265. The minimum Gasteiger partial charge on any atom is -0.388 e. The van der Waals surface area contributed by atoms with Crippen molar-refractivity contribution in [2.45, 2.75) is 25.9 Å². The summed E-state index contributed by atoms with van der Waals surface area (Å²) in [5.41, 5.74) is 3.41. The van der Waals surface area contributed by atoms with Crippen LogP contribution in [-0.4, -0.2) is 11.2 Å². The Labute approximate surface area is 86.5 Å². The lowest BCUT2D eigenvalue weighted by Gasteiger charge is -2.08. The molecule has 0 saturated carbocycles. The van der Waals surface area contributed by atoms with Gasteiger partial charge < -0.3 is 5.11 Å². The summed E-state index contributed by atoms with van der Waals surface area (Å²) in [6.45, 7) is 9.12. The SMILES string of the molecule is C=C=C/C=C/CC[C@H](O)C(=C)/C=C\C. The van der Waals surface area contributed by atoms with Gasteiger partial charge in [0.05, 0.1) is 6.10 Å². The van der Waals surface area contributed by atoms with Crippen molar-refractivity contribution in [2.75, 3.05) is 0 Å². The fourth-order valence-electron chi connectivity index (χ4n) is 0.997. The van der Waals surface area contributed by atoms with Crippen LogP contribution < -0.4 is 0 Å². The maximum absolute atomic E-state index is 9.58. The Balaban J connectivity index is 3.79. The fourth-order valence-corrected chi connectivity index (χ4v) is 0.997. The topological polar surface area (TPSA) is 20.2 Å². The molecule has 0 unspecified atom stereocenters. The minimum absolute atomic E-state index is 0.441. The van der Waals surface area contributed by atoms with E-state index in [4.69, 9.17) is 0 Å². The standard InChI is InChI=1S/C13H18O/c1-4-6-7-8-9-11-13(14)12(3)10-5-2/h5-8,10,13-14H,1,3,9,11H2,2H3/b8-7+,10-5-/t13-/m0/s1. The highest BCUT2D eigenvalue weighted by Gasteiger charge is 2.03. The van der Waals surface area contributed by atoms with Crippen molar-refractivity contribution >= 4 is 0 Å². The van der Waals surface area contributed by atoms with Crippen LogP contribution >= 0.6 is 0 Å². The number of aliphatic hydroxyl groups excluding tert-OH is 1. The Morgan fingerprint density at radius 2 is 2.29 bits per heavy atom. The predicted octanol–water partition coefficient (Wildman–Crippen LogP) is 3.16. The molecule has 0 aromatic rings. The summed E-state index contributed by atoms with van der Waals surface area (Å²) in [6, 6.07) is 0. The average molecular weight is 190 g/mol. The molecule has 0 aromatic heterocycles. The summed E-state index contributed by atoms with van der Waals surface area (Å²) < 4.78 is 0. The van der Waals surface area contributed by atoms with Gasteiger partial charge in [0.2, 0.25) is 0 Å². The van der Waals surface area contributed by atoms with E-state index in [1.807, 2.05) is 31.2 Å². The summed E-state index contributed by atoms with van der Waals surface area (Å²) in [6.07, 6.45) is 10.4. The van der Waals surface area contributed by atoms with Gasteiger partial charge in [-0.25, -0.2) is 0 Å². The van der Waals surface area contributed by atoms with Gasteiger partial charge >= 0.3 is 0 Å². The molecule has 0 radical (unpaired) electrons. The second-order valence-corrected chi connectivity index (χ2v) is 2.97. The Kier molecular flexibility index (Phi) is 7.53. The van der Waals surface area contributed by atoms with Crippen molar-refractivity contribution in [1.29, 1.82) is 0 Å². The molecule has 0 fully saturated rings. The third kappa shape index (κ3) is 6.24. The maximum atomic E-state index is 9.58. The Hall–Kier alpha value is -1.30. The van der Waals surface area contributed by atoms with Crippen molar-refractivity contribution in [3.8, 4) is 0 Å². The minimum atomic E-state index is -0.441. The maximum Gasteiger partial charge on any atom is 0.0787 e. The average Bonchev–Trinajstić information content (AvgIpc) is 2.17. The molecule has 0 amide bonds. The zero-order chi connectivity index (χ0) is 10.8. The van der Waals surface area contributed by atoms with E-state index >= 15 is 0 Å². The van der Waals surface area contributed by atoms with Gasteiger partial charge in [-0.2, -0.15) is 0 Å². The summed E-state index contributed by atoms with van der Waals surface area (Å²) in [5.74, 6) is 0. The zero-order valence-corrected chi connectivity index (χ0v) is 8.74. The third-order valence-corrected chi connectivity index (χ3v) is 1.77. The van der Waals surface area contributed by atoms with Crippen LogP contribution in [0.25, 0.3) is 0 Å². The van der Waals surface area contributed by atoms with Crippen molar-refractivity contribution in [3.63, 3.8) is 0 Å². The number of hydrogen-bond donors (Lipinski definition) is 1. The molecular weight excluding hydrogens is 172 g/mol. The van der Waals surface area contributed by atoms with Gasteiger partial charge in [0, 0.05) is 0 Å². The molecule has 0 saturated heterocycles. The third-order valence-electron chi connectivity index (χ3n) is 1.77. The van der Waals surface area contributed by atoms with Crippen LogP contribution in [0.5, 0.6) is 0 Å². The molecule has 0 heterocycles. The lowest BCUT2D eigenvalue weighted by Crippen LogP contribution is -2.06. The van der Waals surface area contributed by atoms with E-state index in [0.29, 0.717) is 6.42 Å². The number of allylic oxidation sites excluding steroid dienone is 4. The highest BCUT2D eigenvalue weighted by atomic mass is 16.3. The van der Waals surface area contributed by atoms with E-state index in [0.717, 1.165) is 12.0 Å². The van der Waals surface area contributed by atoms with Crippen LogP contribution in [0.2, 0.25) is 0 Å². The van der Waals surface area contributed by atoms with Crippen molar-refractivity contribution < 1.29 is 5.11 Å². The molecule has 1 atom stereocenters. The van der Waals surface area contributed by atoms with Crippen LogP contribution in [-0.2, 0) is 0 Å². The highest BCUT2D eigenvalue weighted by Crippen LogP contribution is 2.08. The van der Waals surface area contributed by atoms with E-state index < -0.39 is 6.10 Å². The van der Waals surface area contributed by atoms with E-state index in [-0.39, 0.29) is 0 Å². The second kappa shape index (κ2) is 8.31. The number of hydrogen-bond acceptors (Lipinski definition) is 1. The molecule has 0 aromatic carbocycles. The molecule has 14 heavy (non-hydrogen) atoms. The number of aliphatic hydroxyl groups is 1. The van der Waals surface area contributed by atoms with Crippen LogP contribution in [0.3, 0.4) is 0 Å². The van der Waals surface area contributed by atoms with Crippen molar-refractivity contribution in [3.05, 3.63) is 54.8 Å². The van der Waals surface area contributed by atoms with E-state index in [1.165, 1.54) is 0 Å². The summed E-state index contributed by atoms with van der Waals surface area (Å²) in [5, 5.41) is 9.58. The van der Waals surface area contributed by atoms with Crippen molar-refractivity contribution in [1.82, 2.24) is 0 Å². The lowest BCUT2D eigenvalue weighted by molar-refractivity contribution is 0.206. The molecule has 1 nitrogen and oxygen atoms in total. The van der Waals surface area contributed by atoms with Crippen LogP contribution in [0.4, 0.5) is 0 Å². The van der Waals surface area contributed by atoms with Gasteiger partial charge in [0.1, 0.15) is 0 Å². The van der Waals surface area contributed by atoms with Crippen molar-refractivity contribution in [2.24, 2.45) is 0 Å². The fraction of sp³-hybridized carbons (Fsp3) is 0.308. The second-order valence-electron chi connectivity index (χ2n) is 2.97. The number of rotatable bonds is 6.